The first-order chi connectivity index (χ1) is 18.4. The second-order valence-electron chi connectivity index (χ2n) is 11.3. The van der Waals surface area contributed by atoms with Crippen molar-refractivity contribution in [2.75, 3.05) is 18.4 Å². The quantitative estimate of drug-likeness (QED) is 0.269. The topological polar surface area (TPSA) is 87.7 Å². The van der Waals surface area contributed by atoms with Crippen LogP contribution in [0.4, 0.5) is 10.5 Å². The monoisotopic (exact) mass is 537 g/mol. The largest absolute Gasteiger partial charge is 0.444 e. The van der Waals surface area contributed by atoms with Gasteiger partial charge in [-0.3, -0.25) is 9.59 Å². The zero-order chi connectivity index (χ0) is 29.0. The summed E-state index contributed by atoms with van der Waals surface area (Å²) in [6, 6.07) is 12.6. The molecule has 1 atom stereocenters. The predicted octanol–water partition coefficient (Wildman–Crippen LogP) is 7.01. The summed E-state index contributed by atoms with van der Waals surface area (Å²) < 4.78 is 5.32. The zero-order valence-corrected chi connectivity index (χ0v) is 24.9. The van der Waals surface area contributed by atoms with Crippen LogP contribution in [0.25, 0.3) is 0 Å². The van der Waals surface area contributed by atoms with Crippen molar-refractivity contribution < 1.29 is 19.1 Å². The van der Waals surface area contributed by atoms with E-state index in [1.54, 1.807) is 25.7 Å². The molecule has 214 valence electrons. The summed E-state index contributed by atoms with van der Waals surface area (Å²) in [5, 5.41) is 5.64. The average molecular weight is 538 g/mol. The maximum atomic E-state index is 13.9. The Kier molecular flexibility index (Phi) is 12.5. The Bertz CT molecular complexity index is 1110. The first kappa shape index (κ1) is 31.9. The van der Waals surface area contributed by atoms with Gasteiger partial charge in [0.1, 0.15) is 18.2 Å². The maximum absolute atomic E-state index is 13.9. The molecule has 7 heteroatoms. The maximum Gasteiger partial charge on any atom is 0.408 e. The van der Waals surface area contributed by atoms with E-state index in [1.807, 2.05) is 63.2 Å². The Balaban J connectivity index is 2.38. The van der Waals surface area contributed by atoms with Crippen LogP contribution in [0.3, 0.4) is 0 Å². The van der Waals surface area contributed by atoms with Gasteiger partial charge in [0.05, 0.1) is 0 Å². The number of unbranched alkanes of at least 4 members (excludes halogenated alkanes) is 5. The van der Waals surface area contributed by atoms with Crippen molar-refractivity contribution in [1.82, 2.24) is 10.2 Å². The molecule has 2 aromatic rings. The Labute approximate surface area is 234 Å². The molecule has 2 N–H and O–H groups in total. The van der Waals surface area contributed by atoms with E-state index in [9.17, 15) is 14.4 Å². The first-order valence-electron chi connectivity index (χ1n) is 14.1. The molecule has 0 aliphatic heterocycles. The smallest absolute Gasteiger partial charge is 0.408 e. The van der Waals surface area contributed by atoms with Gasteiger partial charge in [0.25, 0.3) is 5.91 Å². The molecule has 2 aromatic carbocycles. The number of nitrogens with one attached hydrogen (secondary N) is 2. The highest BCUT2D eigenvalue weighted by Gasteiger charge is 2.33. The molecule has 0 heterocycles. The van der Waals surface area contributed by atoms with Crippen molar-refractivity contribution in [1.29, 1.82) is 0 Å². The number of aryl methyl sites for hydroxylation is 3. The van der Waals surface area contributed by atoms with Crippen molar-refractivity contribution in [3.63, 3.8) is 0 Å². The molecule has 1 unspecified atom stereocenters. The fourth-order valence-electron chi connectivity index (χ4n) is 4.52. The molecule has 2 rings (SSSR count). The second-order valence-corrected chi connectivity index (χ2v) is 11.3. The highest BCUT2D eigenvalue weighted by molar-refractivity contribution is 5.99. The fourth-order valence-corrected chi connectivity index (χ4v) is 4.52. The predicted molar refractivity (Wildman–Crippen MR) is 158 cm³/mol. The fraction of sp³-hybridized carbons (Fsp3) is 0.531. The summed E-state index contributed by atoms with van der Waals surface area (Å²) in [6.07, 6.45) is 5.64. The average Bonchev–Trinajstić information content (AvgIpc) is 2.85. The number of carbonyl (C=O) groups is 3. The lowest BCUT2D eigenvalue weighted by atomic mass is 9.96. The molecule has 0 radical (unpaired) electrons. The molecule has 0 saturated carbocycles. The number of benzene rings is 2. The minimum Gasteiger partial charge on any atom is -0.444 e. The van der Waals surface area contributed by atoms with E-state index >= 15 is 0 Å². The number of rotatable bonds is 13. The molecule has 0 aliphatic carbocycles. The lowest BCUT2D eigenvalue weighted by Crippen LogP contribution is -2.47. The first-order valence-corrected chi connectivity index (χ1v) is 14.1. The van der Waals surface area contributed by atoms with E-state index in [0.29, 0.717) is 12.2 Å². The van der Waals surface area contributed by atoms with Crippen LogP contribution in [0, 0.1) is 20.8 Å². The van der Waals surface area contributed by atoms with Crippen LogP contribution in [-0.4, -0.2) is 41.5 Å². The molecule has 0 fully saturated rings. The molecule has 0 spiro atoms. The van der Waals surface area contributed by atoms with Crippen LogP contribution in [0.2, 0.25) is 0 Å². The minimum absolute atomic E-state index is 0.260. The standard InChI is InChI=1S/C32H47N3O4/c1-8-9-10-11-12-15-20-35(28(36)22-33-31(38)39-32(5,6)7)29(26-19-18-23(2)21-25(26)4)30(37)34-27-17-14-13-16-24(27)3/h13-14,16-19,21,29H,8-12,15,20,22H2,1-7H3,(H,33,38)(H,34,37). The summed E-state index contributed by atoms with van der Waals surface area (Å²) in [6.45, 7) is 13.5. The third-order valence-corrected chi connectivity index (χ3v) is 6.54. The number of anilines is 1. The van der Waals surface area contributed by atoms with Crippen molar-refractivity contribution in [2.45, 2.75) is 98.6 Å². The Morgan fingerprint density at radius 2 is 1.56 bits per heavy atom. The summed E-state index contributed by atoms with van der Waals surface area (Å²) in [5.74, 6) is -0.618. The van der Waals surface area contributed by atoms with Crippen LogP contribution in [0.15, 0.2) is 42.5 Å². The van der Waals surface area contributed by atoms with Gasteiger partial charge < -0.3 is 20.3 Å². The van der Waals surface area contributed by atoms with Crippen molar-refractivity contribution in [3.8, 4) is 0 Å². The van der Waals surface area contributed by atoms with Crippen LogP contribution >= 0.6 is 0 Å². The second kappa shape index (κ2) is 15.3. The molecule has 0 saturated heterocycles. The summed E-state index contributed by atoms with van der Waals surface area (Å²) in [4.78, 5) is 41.5. The van der Waals surface area contributed by atoms with Gasteiger partial charge in [-0.25, -0.2) is 4.79 Å². The molecular formula is C32H47N3O4. The zero-order valence-electron chi connectivity index (χ0n) is 24.9. The van der Waals surface area contributed by atoms with Crippen molar-refractivity contribution in [3.05, 3.63) is 64.7 Å². The number of hydrogen-bond donors (Lipinski definition) is 2. The molecule has 0 aromatic heterocycles. The van der Waals surface area contributed by atoms with Crippen LogP contribution in [0.5, 0.6) is 0 Å². The van der Waals surface area contributed by atoms with Gasteiger partial charge in [-0.1, -0.05) is 81.0 Å². The van der Waals surface area contributed by atoms with Gasteiger partial charge in [-0.15, -0.1) is 0 Å². The van der Waals surface area contributed by atoms with E-state index in [0.717, 1.165) is 54.4 Å². The highest BCUT2D eigenvalue weighted by Crippen LogP contribution is 2.28. The van der Waals surface area contributed by atoms with E-state index < -0.39 is 17.7 Å². The van der Waals surface area contributed by atoms with Gasteiger partial charge in [-0.2, -0.15) is 0 Å². The van der Waals surface area contributed by atoms with Crippen molar-refractivity contribution >= 4 is 23.6 Å². The molecule has 0 aliphatic rings. The van der Waals surface area contributed by atoms with Crippen LogP contribution < -0.4 is 10.6 Å². The number of alkyl carbamates (subject to hydrolysis) is 1. The Morgan fingerprint density at radius 1 is 0.897 bits per heavy atom. The van der Waals surface area contributed by atoms with Gasteiger partial charge in [0.2, 0.25) is 5.91 Å². The number of ether oxygens (including phenoxy) is 1. The highest BCUT2D eigenvalue weighted by atomic mass is 16.6. The molecular weight excluding hydrogens is 490 g/mol. The molecule has 39 heavy (non-hydrogen) atoms. The Hall–Kier alpha value is -3.35. The lowest BCUT2D eigenvalue weighted by Gasteiger charge is -2.33. The van der Waals surface area contributed by atoms with E-state index in [2.05, 4.69) is 17.6 Å². The number of amides is 3. The minimum atomic E-state index is -0.853. The molecule has 3 amide bonds. The van der Waals surface area contributed by atoms with E-state index in [-0.39, 0.29) is 18.4 Å². The number of carbonyl (C=O) groups excluding carboxylic acids is 3. The van der Waals surface area contributed by atoms with Gasteiger partial charge >= 0.3 is 6.09 Å². The molecule has 7 nitrogen and oxygen atoms in total. The summed E-state index contributed by atoms with van der Waals surface area (Å²) in [7, 11) is 0. The van der Waals surface area contributed by atoms with Crippen molar-refractivity contribution in [2.24, 2.45) is 0 Å². The SMILES string of the molecule is CCCCCCCCN(C(=O)CNC(=O)OC(C)(C)C)C(C(=O)Nc1ccccc1C)c1ccc(C)cc1C. The third kappa shape index (κ3) is 10.7. The normalized spacial score (nSPS) is 12.0. The van der Waals surface area contributed by atoms with Crippen LogP contribution in [0.1, 0.15) is 94.5 Å². The Morgan fingerprint density at radius 3 is 2.21 bits per heavy atom. The molecule has 0 bridgehead atoms. The lowest BCUT2D eigenvalue weighted by molar-refractivity contribution is -0.138. The summed E-state index contributed by atoms with van der Waals surface area (Å²) in [5.41, 5.74) is 3.74. The number of hydrogen-bond acceptors (Lipinski definition) is 4. The number of nitrogens with zero attached hydrogens (tertiary/aromatic N) is 1. The summed E-state index contributed by atoms with van der Waals surface area (Å²) >= 11 is 0. The van der Waals surface area contributed by atoms with Gasteiger partial charge in [0, 0.05) is 12.2 Å². The van der Waals surface area contributed by atoms with Gasteiger partial charge in [0.15, 0.2) is 0 Å². The van der Waals surface area contributed by atoms with E-state index in [4.69, 9.17) is 4.74 Å². The third-order valence-electron chi connectivity index (χ3n) is 6.54. The van der Waals surface area contributed by atoms with E-state index in [1.165, 1.54) is 6.42 Å². The number of para-hydroxylation sites is 1. The van der Waals surface area contributed by atoms with Crippen LogP contribution in [-0.2, 0) is 14.3 Å². The van der Waals surface area contributed by atoms with Gasteiger partial charge in [-0.05, 0) is 70.7 Å².